The Morgan fingerprint density at radius 2 is 0.880 bits per heavy atom. The molecule has 1 rings (SSSR count). The molecule has 0 aromatic heterocycles. The number of carboxylic acids is 6. The molecule has 6 N–H and O–H groups in total. The number of hydrogen-bond acceptors (Lipinski definition) is 9. The van der Waals surface area contributed by atoms with Crippen LogP contribution in [0.25, 0.3) is 0 Å². The maximum Gasteiger partial charge on any atom is 0.356 e. The molecule has 0 saturated carbocycles. The van der Waals surface area contributed by atoms with E-state index in [2.05, 4.69) is 4.74 Å². The van der Waals surface area contributed by atoms with Gasteiger partial charge in [-0.15, -0.1) is 0 Å². The van der Waals surface area contributed by atoms with Gasteiger partial charge in [-0.05, 0) is 0 Å². The number of ether oxygens (including phenoxy) is 1. The zero-order valence-corrected chi connectivity index (χ0v) is 11.4. The van der Waals surface area contributed by atoms with Crippen LogP contribution < -0.4 is 0 Å². The van der Waals surface area contributed by atoms with E-state index in [4.69, 9.17) is 30.6 Å². The fourth-order valence-corrected chi connectivity index (χ4v) is 1.26. The molecule has 0 aliphatic carbocycles. The Morgan fingerprint density at radius 3 is 0.920 bits per heavy atom. The number of aliphatic carboxylic acids is 6. The average molecular weight is 366 g/mol. The van der Waals surface area contributed by atoms with E-state index in [1.165, 1.54) is 0 Å². The van der Waals surface area contributed by atoms with Crippen LogP contribution in [-0.2, 0) is 43.1 Å². The summed E-state index contributed by atoms with van der Waals surface area (Å²) in [6.07, 6.45) is 0. The van der Waals surface area contributed by atoms with Crippen molar-refractivity contribution in [2.45, 2.75) is 0 Å². The van der Waals surface area contributed by atoms with Gasteiger partial charge in [-0.3, -0.25) is 0 Å². The Labute approximate surface area is 133 Å². The van der Waals surface area contributed by atoms with Crippen LogP contribution in [0.5, 0.6) is 0 Å². The number of carboxylic acid groups (broad SMARTS) is 6. The molecule has 25 heavy (non-hydrogen) atoms. The highest BCUT2D eigenvalue weighted by Crippen LogP contribution is 2.31. The Balaban J connectivity index is 0.000000462. The SMILES string of the molecule is O=C(O)C(C(=O)O)(C(=O)O)C(=O)O.O=C(O)C1(C(=O)O)C(=O)OC1=O. The van der Waals surface area contributed by atoms with Gasteiger partial charge in [-0.1, -0.05) is 0 Å². The van der Waals surface area contributed by atoms with Gasteiger partial charge < -0.3 is 35.4 Å². The van der Waals surface area contributed by atoms with E-state index >= 15 is 0 Å². The number of hydrogen-bond donors (Lipinski definition) is 6. The summed E-state index contributed by atoms with van der Waals surface area (Å²) in [5.41, 5.74) is -6.86. The molecule has 136 valence electrons. The zero-order valence-electron chi connectivity index (χ0n) is 11.4. The molecule has 1 fully saturated rings. The number of esters is 2. The van der Waals surface area contributed by atoms with Crippen LogP contribution in [0.3, 0.4) is 0 Å². The van der Waals surface area contributed by atoms with Crippen LogP contribution in [0.2, 0.25) is 0 Å². The zero-order chi connectivity index (χ0) is 20.3. The molecule has 15 heteroatoms. The van der Waals surface area contributed by atoms with Gasteiger partial charge in [0.2, 0.25) is 0 Å². The molecule has 0 aromatic rings. The Kier molecular flexibility index (Phi) is 5.54. The lowest BCUT2D eigenvalue weighted by Gasteiger charge is -2.27. The van der Waals surface area contributed by atoms with Crippen molar-refractivity contribution in [2.24, 2.45) is 10.8 Å². The molecule has 1 heterocycles. The first-order valence-electron chi connectivity index (χ1n) is 5.38. The molecule has 1 aliphatic rings. The van der Waals surface area contributed by atoms with Gasteiger partial charge >= 0.3 is 58.6 Å². The molecular formula is C10H6O15. The van der Waals surface area contributed by atoms with Gasteiger partial charge in [-0.25, -0.2) is 38.4 Å². The predicted octanol–water partition coefficient (Wildman–Crippen LogP) is -3.46. The summed E-state index contributed by atoms with van der Waals surface area (Å²) in [7, 11) is 0. The van der Waals surface area contributed by atoms with Crippen molar-refractivity contribution in [2.75, 3.05) is 0 Å². The third-order valence-electron chi connectivity index (χ3n) is 2.72. The number of cyclic esters (lactones) is 2. The maximum absolute atomic E-state index is 10.4. The van der Waals surface area contributed by atoms with Crippen molar-refractivity contribution < 1.29 is 73.7 Å². The van der Waals surface area contributed by atoms with Crippen LogP contribution in [0.15, 0.2) is 0 Å². The molecule has 1 aliphatic heterocycles. The summed E-state index contributed by atoms with van der Waals surface area (Å²) in [5.74, 6) is -17.0. The van der Waals surface area contributed by atoms with Crippen LogP contribution in [-0.4, -0.2) is 78.4 Å². The molecule has 1 saturated heterocycles. The molecule has 0 amide bonds. The van der Waals surface area contributed by atoms with Crippen LogP contribution in [0.1, 0.15) is 0 Å². The van der Waals surface area contributed by atoms with Crippen LogP contribution >= 0.6 is 0 Å². The molecule has 15 nitrogen and oxygen atoms in total. The summed E-state index contributed by atoms with van der Waals surface area (Å²) in [4.78, 5) is 82.2. The van der Waals surface area contributed by atoms with Crippen molar-refractivity contribution >= 4 is 47.8 Å². The second kappa shape index (κ2) is 6.60. The molecule has 0 aromatic carbocycles. The van der Waals surface area contributed by atoms with Gasteiger partial charge in [0.15, 0.2) is 0 Å². The smallest absolute Gasteiger partial charge is 0.356 e. The second-order valence-electron chi connectivity index (χ2n) is 4.01. The Hall–Kier alpha value is -4.04. The summed E-state index contributed by atoms with van der Waals surface area (Å²) >= 11 is 0. The van der Waals surface area contributed by atoms with Crippen molar-refractivity contribution in [3.63, 3.8) is 0 Å². The monoisotopic (exact) mass is 366 g/mol. The summed E-state index contributed by atoms with van der Waals surface area (Å²) in [6, 6.07) is 0. The first-order chi connectivity index (χ1) is 11.2. The summed E-state index contributed by atoms with van der Waals surface area (Å²) < 4.78 is 3.64. The topological polar surface area (TPSA) is 267 Å². The van der Waals surface area contributed by atoms with E-state index in [9.17, 15) is 38.4 Å². The van der Waals surface area contributed by atoms with Gasteiger partial charge in [-0.2, -0.15) is 0 Å². The standard InChI is InChI=1S/C5H4O8.C5H2O7/c6-1(7)5(2(8)9,3(10)11)4(12)13;6-1(7)5(2(8)9)3(10)12-4(5)11/h(H,6,7)(H,8,9)(H,10,11)(H,12,13);(H,6,7)(H,8,9). The number of carbonyl (C=O) groups is 8. The lowest BCUT2D eigenvalue weighted by molar-refractivity contribution is -0.206. The quantitative estimate of drug-likeness (QED) is 0.197. The van der Waals surface area contributed by atoms with Crippen LogP contribution in [0, 0.1) is 10.8 Å². The van der Waals surface area contributed by atoms with E-state index in [1.54, 1.807) is 0 Å². The number of rotatable bonds is 6. The third kappa shape index (κ3) is 2.80. The van der Waals surface area contributed by atoms with Crippen molar-refractivity contribution in [1.29, 1.82) is 0 Å². The fourth-order valence-electron chi connectivity index (χ4n) is 1.26. The fraction of sp³-hybridized carbons (Fsp3) is 0.200. The third-order valence-corrected chi connectivity index (χ3v) is 2.72. The highest BCUT2D eigenvalue weighted by Gasteiger charge is 2.72. The van der Waals surface area contributed by atoms with E-state index in [-0.39, 0.29) is 0 Å². The normalized spacial score (nSPS) is 14.7. The lowest BCUT2D eigenvalue weighted by Crippen LogP contribution is -2.63. The van der Waals surface area contributed by atoms with Crippen molar-refractivity contribution in [1.82, 2.24) is 0 Å². The molecule has 0 spiro atoms. The highest BCUT2D eigenvalue weighted by atomic mass is 16.6. The molecule has 0 bridgehead atoms. The summed E-state index contributed by atoms with van der Waals surface area (Å²) in [5, 5.41) is 49.4. The Morgan fingerprint density at radius 1 is 0.640 bits per heavy atom. The first-order valence-corrected chi connectivity index (χ1v) is 5.38. The lowest BCUT2D eigenvalue weighted by atomic mass is 9.84. The minimum absolute atomic E-state index is 1.56. The van der Waals surface area contributed by atoms with Crippen molar-refractivity contribution in [3.05, 3.63) is 0 Å². The van der Waals surface area contributed by atoms with Gasteiger partial charge in [0.1, 0.15) is 0 Å². The highest BCUT2D eigenvalue weighted by molar-refractivity contribution is 6.39. The minimum Gasteiger partial charge on any atom is -0.480 e. The predicted molar refractivity (Wildman–Crippen MR) is 61.8 cm³/mol. The minimum atomic E-state index is -3.83. The molecular weight excluding hydrogens is 360 g/mol. The van der Waals surface area contributed by atoms with Gasteiger partial charge in [0, 0.05) is 0 Å². The first kappa shape index (κ1) is 21.0. The van der Waals surface area contributed by atoms with E-state index in [0.717, 1.165) is 0 Å². The largest absolute Gasteiger partial charge is 0.480 e. The average Bonchev–Trinajstić information content (AvgIpc) is 2.36. The second-order valence-corrected chi connectivity index (χ2v) is 4.01. The van der Waals surface area contributed by atoms with Crippen molar-refractivity contribution in [3.8, 4) is 0 Å². The number of carbonyl (C=O) groups excluding carboxylic acids is 2. The summed E-state index contributed by atoms with van der Waals surface area (Å²) in [6.45, 7) is 0. The van der Waals surface area contributed by atoms with E-state index < -0.39 is 58.6 Å². The van der Waals surface area contributed by atoms with Gasteiger partial charge in [0.05, 0.1) is 0 Å². The van der Waals surface area contributed by atoms with E-state index in [1.807, 2.05) is 0 Å². The molecule has 0 atom stereocenters. The van der Waals surface area contributed by atoms with Crippen LogP contribution in [0.4, 0.5) is 0 Å². The van der Waals surface area contributed by atoms with Gasteiger partial charge in [0.25, 0.3) is 0 Å². The van der Waals surface area contributed by atoms with E-state index in [0.29, 0.717) is 0 Å². The Bertz CT molecular complexity index is 601. The molecule has 0 unspecified atom stereocenters. The molecule has 0 radical (unpaired) electrons. The maximum atomic E-state index is 10.4.